The minimum atomic E-state index is -0.185. The van der Waals surface area contributed by atoms with Crippen molar-refractivity contribution >= 4 is 17.3 Å². The van der Waals surface area contributed by atoms with Gasteiger partial charge in [0.05, 0.1) is 12.7 Å². The van der Waals surface area contributed by atoms with Crippen molar-refractivity contribution in [1.82, 2.24) is 0 Å². The molecular formula is C21H18O4. The number of carbonyl (C=O) groups is 3. The van der Waals surface area contributed by atoms with Gasteiger partial charge in [-0.1, -0.05) is 24.3 Å². The summed E-state index contributed by atoms with van der Waals surface area (Å²) >= 11 is 0. The van der Waals surface area contributed by atoms with E-state index >= 15 is 0 Å². The van der Waals surface area contributed by atoms with Crippen LogP contribution in [0, 0.1) is 5.92 Å². The minimum Gasteiger partial charge on any atom is -0.496 e. The second kappa shape index (κ2) is 5.66. The lowest BCUT2D eigenvalue weighted by Crippen LogP contribution is -2.26. The number of Topliss-reactive ketones (excluding diaryl/α,β-unsaturated/α-hetero) is 1. The van der Waals surface area contributed by atoms with Crippen molar-refractivity contribution in [3.8, 4) is 5.75 Å². The second-order valence-corrected chi connectivity index (χ2v) is 6.72. The Labute approximate surface area is 145 Å². The second-order valence-electron chi connectivity index (χ2n) is 6.72. The van der Waals surface area contributed by atoms with Crippen LogP contribution in [0.3, 0.4) is 0 Å². The lowest BCUT2D eigenvalue weighted by Gasteiger charge is -2.28. The summed E-state index contributed by atoms with van der Waals surface area (Å²) in [5.41, 5.74) is 3.52. The molecule has 4 nitrogen and oxygen atoms in total. The summed E-state index contributed by atoms with van der Waals surface area (Å²) in [4.78, 5) is 37.8. The summed E-state index contributed by atoms with van der Waals surface area (Å²) in [6.07, 6.45) is 2.04. The first kappa shape index (κ1) is 15.8. The van der Waals surface area contributed by atoms with Crippen LogP contribution in [-0.2, 0) is 17.6 Å². The fourth-order valence-electron chi connectivity index (χ4n) is 4.01. The highest BCUT2D eigenvalue weighted by molar-refractivity contribution is 6.29. The van der Waals surface area contributed by atoms with E-state index in [0.717, 1.165) is 17.5 Å². The average Bonchev–Trinajstić information content (AvgIpc) is 2.63. The van der Waals surface area contributed by atoms with E-state index in [4.69, 9.17) is 4.74 Å². The summed E-state index contributed by atoms with van der Waals surface area (Å²) in [6, 6.07) is 8.72. The van der Waals surface area contributed by atoms with Gasteiger partial charge in [-0.05, 0) is 43.4 Å². The van der Waals surface area contributed by atoms with Crippen molar-refractivity contribution in [1.29, 1.82) is 0 Å². The molecule has 4 heteroatoms. The normalized spacial score (nSPS) is 18.2. The highest BCUT2D eigenvalue weighted by Gasteiger charge is 2.36. The standard InChI is InChI=1S/C21H18O4/c1-11(22)12-7-8-13-10-17-18(21(25-2)16(13)9-12)20(24)15-6-4-3-5-14(15)19(17)23/h3-6,10,12H,7-9H2,1-2H3. The van der Waals surface area contributed by atoms with Gasteiger partial charge in [-0.2, -0.15) is 0 Å². The maximum absolute atomic E-state index is 13.0. The molecule has 1 atom stereocenters. The molecule has 4 rings (SSSR count). The number of hydrogen-bond donors (Lipinski definition) is 0. The Balaban J connectivity index is 1.95. The van der Waals surface area contributed by atoms with E-state index in [9.17, 15) is 14.4 Å². The van der Waals surface area contributed by atoms with Crippen molar-refractivity contribution < 1.29 is 19.1 Å². The molecule has 0 heterocycles. The Morgan fingerprint density at radius 2 is 1.76 bits per heavy atom. The third kappa shape index (κ3) is 2.24. The van der Waals surface area contributed by atoms with Crippen molar-refractivity contribution in [2.24, 2.45) is 5.92 Å². The van der Waals surface area contributed by atoms with E-state index in [-0.39, 0.29) is 23.3 Å². The third-order valence-corrected chi connectivity index (χ3v) is 5.36. The van der Waals surface area contributed by atoms with Gasteiger partial charge in [-0.3, -0.25) is 14.4 Å². The van der Waals surface area contributed by atoms with Gasteiger partial charge in [-0.15, -0.1) is 0 Å². The molecule has 0 spiro atoms. The quantitative estimate of drug-likeness (QED) is 0.722. The average molecular weight is 334 g/mol. The molecule has 2 aliphatic carbocycles. The Bertz CT molecular complexity index is 939. The molecule has 126 valence electrons. The molecule has 2 aromatic carbocycles. The van der Waals surface area contributed by atoms with Crippen molar-refractivity contribution in [2.75, 3.05) is 7.11 Å². The van der Waals surface area contributed by atoms with Crippen LogP contribution < -0.4 is 4.74 Å². The molecule has 2 aliphatic rings. The number of rotatable bonds is 2. The predicted octanol–water partition coefficient (Wildman–Crippen LogP) is 3.16. The van der Waals surface area contributed by atoms with Crippen molar-refractivity contribution in [3.63, 3.8) is 0 Å². The molecule has 1 unspecified atom stereocenters. The number of hydrogen-bond acceptors (Lipinski definition) is 4. The summed E-state index contributed by atoms with van der Waals surface area (Å²) < 4.78 is 5.59. The number of aryl methyl sites for hydroxylation is 1. The summed E-state index contributed by atoms with van der Waals surface area (Å²) in [5, 5.41) is 0. The van der Waals surface area contributed by atoms with E-state index in [1.165, 1.54) is 7.11 Å². The largest absolute Gasteiger partial charge is 0.496 e. The number of ketones is 3. The molecule has 0 bridgehead atoms. The summed E-state index contributed by atoms with van der Waals surface area (Å²) in [7, 11) is 1.52. The van der Waals surface area contributed by atoms with Gasteiger partial charge in [0.15, 0.2) is 11.6 Å². The topological polar surface area (TPSA) is 60.4 Å². The lowest BCUT2D eigenvalue weighted by atomic mass is 9.76. The first-order chi connectivity index (χ1) is 12.0. The Morgan fingerprint density at radius 1 is 1.08 bits per heavy atom. The van der Waals surface area contributed by atoms with Gasteiger partial charge in [0.2, 0.25) is 0 Å². The smallest absolute Gasteiger partial charge is 0.198 e. The molecule has 0 fully saturated rings. The Hall–Kier alpha value is -2.75. The molecule has 0 saturated carbocycles. The fourth-order valence-corrected chi connectivity index (χ4v) is 4.01. The van der Waals surface area contributed by atoms with Crippen LogP contribution in [-0.4, -0.2) is 24.5 Å². The molecule has 0 aromatic heterocycles. The summed E-state index contributed by atoms with van der Waals surface area (Å²) in [6.45, 7) is 1.60. The number of methoxy groups -OCH3 is 1. The van der Waals surface area contributed by atoms with E-state index in [0.29, 0.717) is 40.8 Å². The summed E-state index contributed by atoms with van der Waals surface area (Å²) in [5.74, 6) is 0.236. The van der Waals surface area contributed by atoms with Crippen LogP contribution in [0.15, 0.2) is 30.3 Å². The van der Waals surface area contributed by atoms with Crippen LogP contribution in [0.25, 0.3) is 0 Å². The highest BCUT2D eigenvalue weighted by atomic mass is 16.5. The SMILES string of the molecule is COc1c2c(cc3c1C(=O)c1ccccc1C3=O)CCC(C(C)=O)C2. The van der Waals surface area contributed by atoms with E-state index in [1.54, 1.807) is 31.2 Å². The molecule has 0 N–H and O–H groups in total. The van der Waals surface area contributed by atoms with Gasteiger partial charge in [0.1, 0.15) is 11.5 Å². The number of ether oxygens (including phenoxy) is 1. The first-order valence-electron chi connectivity index (χ1n) is 8.44. The first-order valence-corrected chi connectivity index (χ1v) is 8.44. The van der Waals surface area contributed by atoms with Crippen LogP contribution in [0.4, 0.5) is 0 Å². The third-order valence-electron chi connectivity index (χ3n) is 5.36. The van der Waals surface area contributed by atoms with Crippen LogP contribution in [0.1, 0.15) is 56.3 Å². The van der Waals surface area contributed by atoms with Gasteiger partial charge in [-0.25, -0.2) is 0 Å². The molecule has 0 amide bonds. The minimum absolute atomic E-state index is 0.0545. The molecule has 0 aliphatic heterocycles. The predicted molar refractivity (Wildman–Crippen MR) is 92.5 cm³/mol. The van der Waals surface area contributed by atoms with Gasteiger partial charge in [0, 0.05) is 22.6 Å². The van der Waals surface area contributed by atoms with E-state index in [2.05, 4.69) is 0 Å². The number of carbonyl (C=O) groups excluding carboxylic acids is 3. The maximum Gasteiger partial charge on any atom is 0.198 e. The van der Waals surface area contributed by atoms with E-state index < -0.39 is 0 Å². The zero-order valence-electron chi connectivity index (χ0n) is 14.2. The molecule has 0 radical (unpaired) electrons. The van der Waals surface area contributed by atoms with Gasteiger partial charge < -0.3 is 4.74 Å². The monoisotopic (exact) mass is 334 g/mol. The Morgan fingerprint density at radius 3 is 2.40 bits per heavy atom. The zero-order valence-corrected chi connectivity index (χ0v) is 14.2. The van der Waals surface area contributed by atoms with Gasteiger partial charge in [0.25, 0.3) is 0 Å². The van der Waals surface area contributed by atoms with Crippen LogP contribution in [0.2, 0.25) is 0 Å². The van der Waals surface area contributed by atoms with Crippen LogP contribution in [0.5, 0.6) is 5.75 Å². The molecule has 2 aromatic rings. The van der Waals surface area contributed by atoms with Crippen LogP contribution >= 0.6 is 0 Å². The van der Waals surface area contributed by atoms with Gasteiger partial charge >= 0.3 is 0 Å². The van der Waals surface area contributed by atoms with E-state index in [1.807, 2.05) is 6.07 Å². The number of fused-ring (bicyclic) bond motifs is 3. The highest BCUT2D eigenvalue weighted by Crippen LogP contribution is 2.41. The molecule has 0 saturated heterocycles. The molecule has 25 heavy (non-hydrogen) atoms. The Kier molecular flexibility index (Phi) is 3.57. The van der Waals surface area contributed by atoms with Crippen molar-refractivity contribution in [3.05, 3.63) is 63.7 Å². The lowest BCUT2D eigenvalue weighted by molar-refractivity contribution is -0.121. The molecular weight excluding hydrogens is 316 g/mol. The fraction of sp³-hybridized carbons (Fsp3) is 0.286. The number of benzene rings is 2. The van der Waals surface area contributed by atoms with Crippen molar-refractivity contribution in [2.45, 2.75) is 26.2 Å². The zero-order chi connectivity index (χ0) is 17.7. The maximum atomic E-state index is 13.0.